The quantitative estimate of drug-likeness (QED) is 0.278. The number of aromatic amines is 1. The zero-order valence-corrected chi connectivity index (χ0v) is 15.2. The molecule has 1 aliphatic rings. The number of aromatic nitrogens is 1. The summed E-state index contributed by atoms with van der Waals surface area (Å²) in [5.74, 6) is -2.84. The molecule has 2 heterocycles. The van der Waals surface area contributed by atoms with Crippen molar-refractivity contribution in [3.63, 3.8) is 0 Å². The Labute approximate surface area is 168 Å². The number of hydrogen-bond acceptors (Lipinski definition) is 11. The van der Waals surface area contributed by atoms with Crippen molar-refractivity contribution in [2.24, 2.45) is 0 Å². The van der Waals surface area contributed by atoms with Crippen LogP contribution in [0.5, 0.6) is 17.4 Å². The van der Waals surface area contributed by atoms with Crippen molar-refractivity contribution in [2.45, 2.75) is 30.7 Å². The largest absolute Gasteiger partial charge is 0.508 e. The lowest BCUT2D eigenvalue weighted by molar-refractivity contribution is -0.285. The van der Waals surface area contributed by atoms with Gasteiger partial charge in [-0.25, -0.2) is 9.59 Å². The van der Waals surface area contributed by atoms with Gasteiger partial charge in [0, 0.05) is 12.1 Å². The predicted octanol–water partition coefficient (Wildman–Crippen LogP) is -1.40. The van der Waals surface area contributed by atoms with Crippen LogP contribution < -0.4 is 4.74 Å². The second-order valence-electron chi connectivity index (χ2n) is 6.47. The van der Waals surface area contributed by atoms with Crippen LogP contribution in [0.1, 0.15) is 20.8 Å². The number of hydrogen-bond donors (Lipinski definition) is 7. The number of esters is 2. The topological polar surface area (TPSA) is 199 Å². The second kappa shape index (κ2) is 8.69. The molecule has 5 atom stereocenters. The molecule has 0 radical (unpaired) electrons. The summed E-state index contributed by atoms with van der Waals surface area (Å²) in [5.41, 5.74) is -0.346. The first-order valence-electron chi connectivity index (χ1n) is 8.65. The Morgan fingerprint density at radius 1 is 0.967 bits per heavy atom. The summed E-state index contributed by atoms with van der Waals surface area (Å²) in [6.07, 6.45) is -8.00. The van der Waals surface area contributed by atoms with Crippen LogP contribution in [0.25, 0.3) is 0 Å². The van der Waals surface area contributed by atoms with Gasteiger partial charge in [0.2, 0.25) is 12.2 Å². The maximum Gasteiger partial charge on any atom is 0.357 e. The summed E-state index contributed by atoms with van der Waals surface area (Å²) in [6, 6.07) is 5.59. The molecule has 0 bridgehead atoms. The average molecular weight is 425 g/mol. The number of rotatable bonds is 5. The Balaban J connectivity index is 1.65. The molecule has 0 unspecified atom stereocenters. The van der Waals surface area contributed by atoms with Gasteiger partial charge in [0.05, 0.1) is 12.2 Å². The highest BCUT2D eigenvalue weighted by molar-refractivity contribution is 5.92. The monoisotopic (exact) mass is 425 g/mol. The molecule has 1 aromatic heterocycles. The van der Waals surface area contributed by atoms with Gasteiger partial charge in [0.1, 0.15) is 41.6 Å². The standard InChI is InChI=1S/C18H19NO11/c20-6-11-13(23)14(24)15(25)18(28-11)30-17(27)10-1-2-12(19-10)29-16(26)7-3-8(21)5-9(22)4-7/h1-5,11,13-15,18-25H,6H2/t11-,13-,14+,15-,18+/m1/s1. The van der Waals surface area contributed by atoms with Crippen molar-refractivity contribution in [3.8, 4) is 17.4 Å². The molecule has 12 nitrogen and oxygen atoms in total. The average Bonchev–Trinajstić information content (AvgIpc) is 3.16. The van der Waals surface area contributed by atoms with Gasteiger partial charge in [-0.05, 0) is 18.2 Å². The number of phenolic OH excluding ortho intramolecular Hbond substituents is 2. The normalized spacial score (nSPS) is 26.2. The Bertz CT molecular complexity index is 904. The number of H-pyrrole nitrogens is 1. The second-order valence-corrected chi connectivity index (χ2v) is 6.47. The Kier molecular flexibility index (Phi) is 6.24. The van der Waals surface area contributed by atoms with E-state index in [1.807, 2.05) is 0 Å². The lowest BCUT2D eigenvalue weighted by Crippen LogP contribution is -2.59. The highest BCUT2D eigenvalue weighted by Crippen LogP contribution is 2.24. The molecule has 0 spiro atoms. The molecule has 1 fully saturated rings. The summed E-state index contributed by atoms with van der Waals surface area (Å²) < 4.78 is 15.0. The third-order valence-electron chi connectivity index (χ3n) is 4.29. The fourth-order valence-electron chi connectivity index (χ4n) is 2.76. The molecule has 0 aliphatic carbocycles. The molecule has 1 saturated heterocycles. The lowest BCUT2D eigenvalue weighted by Gasteiger charge is -2.39. The first kappa shape index (κ1) is 21.5. The molecular weight excluding hydrogens is 406 g/mol. The number of benzene rings is 1. The van der Waals surface area contributed by atoms with E-state index < -0.39 is 49.3 Å². The van der Waals surface area contributed by atoms with Crippen molar-refractivity contribution in [2.75, 3.05) is 6.61 Å². The van der Waals surface area contributed by atoms with Gasteiger partial charge >= 0.3 is 11.9 Å². The molecule has 12 heteroatoms. The van der Waals surface area contributed by atoms with Gasteiger partial charge in [-0.3, -0.25) is 0 Å². The number of aromatic hydroxyl groups is 2. The van der Waals surface area contributed by atoms with E-state index in [9.17, 15) is 35.1 Å². The fraction of sp³-hybridized carbons (Fsp3) is 0.333. The molecular formula is C18H19NO11. The number of phenols is 2. The van der Waals surface area contributed by atoms with E-state index in [0.717, 1.165) is 18.2 Å². The van der Waals surface area contributed by atoms with E-state index >= 15 is 0 Å². The Morgan fingerprint density at radius 3 is 2.27 bits per heavy atom. The number of nitrogens with one attached hydrogen (secondary N) is 1. The van der Waals surface area contributed by atoms with E-state index in [4.69, 9.17) is 19.3 Å². The minimum Gasteiger partial charge on any atom is -0.508 e. The maximum atomic E-state index is 12.2. The van der Waals surface area contributed by atoms with Crippen LogP contribution in [0.2, 0.25) is 0 Å². The molecule has 0 amide bonds. The summed E-state index contributed by atoms with van der Waals surface area (Å²) in [4.78, 5) is 26.8. The minimum atomic E-state index is -1.77. The van der Waals surface area contributed by atoms with Crippen molar-refractivity contribution in [1.82, 2.24) is 4.98 Å². The van der Waals surface area contributed by atoms with Crippen LogP contribution in [0.3, 0.4) is 0 Å². The van der Waals surface area contributed by atoms with E-state index in [2.05, 4.69) is 4.98 Å². The van der Waals surface area contributed by atoms with E-state index in [0.29, 0.717) is 0 Å². The fourth-order valence-corrected chi connectivity index (χ4v) is 2.76. The maximum absolute atomic E-state index is 12.2. The first-order valence-corrected chi connectivity index (χ1v) is 8.65. The Morgan fingerprint density at radius 2 is 1.63 bits per heavy atom. The molecule has 30 heavy (non-hydrogen) atoms. The SMILES string of the molecule is O=C(Oc1ccc(C(=O)O[C@@H]2O[C@H](CO)[C@@H](O)[C@H](O)[C@H]2O)[nH]1)c1cc(O)cc(O)c1. The van der Waals surface area contributed by atoms with Crippen LogP contribution in [0.15, 0.2) is 30.3 Å². The third kappa shape index (κ3) is 4.53. The van der Waals surface area contributed by atoms with Crippen LogP contribution in [0, 0.1) is 0 Å². The number of aliphatic hydroxyl groups is 4. The van der Waals surface area contributed by atoms with Crippen LogP contribution >= 0.6 is 0 Å². The van der Waals surface area contributed by atoms with Crippen LogP contribution in [0.4, 0.5) is 0 Å². The number of aliphatic hydroxyl groups excluding tert-OH is 4. The summed E-state index contributed by atoms with van der Waals surface area (Å²) >= 11 is 0. The zero-order chi connectivity index (χ0) is 22.0. The van der Waals surface area contributed by atoms with Crippen LogP contribution in [-0.4, -0.2) is 84.9 Å². The molecule has 1 aromatic carbocycles. The molecule has 7 N–H and O–H groups in total. The molecule has 0 saturated carbocycles. The highest BCUT2D eigenvalue weighted by Gasteiger charge is 2.45. The van der Waals surface area contributed by atoms with Gasteiger partial charge in [-0.15, -0.1) is 0 Å². The number of carbonyl (C=O) groups excluding carboxylic acids is 2. The van der Waals surface area contributed by atoms with Crippen molar-refractivity contribution < 1.29 is 54.4 Å². The Hall–Kier alpha value is -3.16. The van der Waals surface area contributed by atoms with Gasteiger partial charge in [0.25, 0.3) is 0 Å². The van der Waals surface area contributed by atoms with Gasteiger partial charge < -0.3 is 49.8 Å². The van der Waals surface area contributed by atoms with Crippen molar-refractivity contribution >= 4 is 11.9 Å². The lowest BCUT2D eigenvalue weighted by atomic mass is 9.99. The first-order chi connectivity index (χ1) is 14.2. The predicted molar refractivity (Wildman–Crippen MR) is 94.7 cm³/mol. The third-order valence-corrected chi connectivity index (χ3v) is 4.29. The van der Waals surface area contributed by atoms with Gasteiger partial charge in [-0.2, -0.15) is 0 Å². The van der Waals surface area contributed by atoms with Gasteiger partial charge in [-0.1, -0.05) is 0 Å². The summed E-state index contributed by atoms with van der Waals surface area (Å²) in [6.45, 7) is -0.688. The smallest absolute Gasteiger partial charge is 0.357 e. The molecule has 1 aliphatic heterocycles. The zero-order valence-electron chi connectivity index (χ0n) is 15.2. The number of ether oxygens (including phenoxy) is 3. The minimum absolute atomic E-state index is 0.146. The summed E-state index contributed by atoms with van der Waals surface area (Å²) in [7, 11) is 0. The van der Waals surface area contributed by atoms with Crippen molar-refractivity contribution in [3.05, 3.63) is 41.6 Å². The van der Waals surface area contributed by atoms with E-state index in [1.165, 1.54) is 12.1 Å². The van der Waals surface area contributed by atoms with Crippen LogP contribution in [-0.2, 0) is 9.47 Å². The molecule has 2 aromatic rings. The summed E-state index contributed by atoms with van der Waals surface area (Å²) in [5, 5.41) is 57.3. The number of carbonyl (C=O) groups is 2. The van der Waals surface area contributed by atoms with E-state index in [1.54, 1.807) is 0 Å². The van der Waals surface area contributed by atoms with E-state index in [-0.39, 0.29) is 28.6 Å². The van der Waals surface area contributed by atoms with Gasteiger partial charge in [0.15, 0.2) is 0 Å². The van der Waals surface area contributed by atoms with Crippen molar-refractivity contribution in [1.29, 1.82) is 0 Å². The highest BCUT2D eigenvalue weighted by atomic mass is 16.7. The molecule has 162 valence electrons. The molecule has 3 rings (SSSR count).